The van der Waals surface area contributed by atoms with E-state index in [0.29, 0.717) is 36.9 Å². The first kappa shape index (κ1) is 17.6. The lowest BCUT2D eigenvalue weighted by Crippen LogP contribution is -2.37. The summed E-state index contributed by atoms with van der Waals surface area (Å²) >= 11 is 5.66. The molecule has 0 spiro atoms. The van der Waals surface area contributed by atoms with Crippen LogP contribution in [0, 0.1) is 0 Å². The highest BCUT2D eigenvalue weighted by Crippen LogP contribution is 2.27. The van der Waals surface area contributed by atoms with Crippen LogP contribution in [0.1, 0.15) is 23.7 Å². The summed E-state index contributed by atoms with van der Waals surface area (Å²) in [7, 11) is 0. The number of anilines is 1. The second kappa shape index (κ2) is 8.74. The smallest absolute Gasteiger partial charge is 0.340 e. The van der Waals surface area contributed by atoms with Crippen molar-refractivity contribution in [1.29, 1.82) is 0 Å². The van der Waals surface area contributed by atoms with Crippen molar-refractivity contribution >= 4 is 34.8 Å². The maximum atomic E-state index is 12.4. The number of carbonyl (C=O) groups is 1. The Morgan fingerprint density at radius 3 is 2.83 bits per heavy atom. The molecule has 23 heavy (non-hydrogen) atoms. The maximum Gasteiger partial charge on any atom is 0.340 e. The van der Waals surface area contributed by atoms with Gasteiger partial charge in [-0.2, -0.15) is 0 Å². The van der Waals surface area contributed by atoms with Gasteiger partial charge in [-0.25, -0.2) is 9.79 Å². The number of hydrogen-bond donors (Lipinski definition) is 1. The fourth-order valence-corrected chi connectivity index (χ4v) is 2.37. The van der Waals surface area contributed by atoms with Gasteiger partial charge >= 0.3 is 5.97 Å². The number of alkyl halides is 1. The first-order valence-electron chi connectivity index (χ1n) is 7.68. The molecule has 0 atom stereocenters. The van der Waals surface area contributed by atoms with E-state index in [4.69, 9.17) is 26.8 Å². The number of ether oxygens (including phenoxy) is 2. The Balaban J connectivity index is 2.33. The molecule has 1 fully saturated rings. The van der Waals surface area contributed by atoms with E-state index in [2.05, 4.69) is 9.89 Å². The summed E-state index contributed by atoms with van der Waals surface area (Å²) in [6.45, 7) is 5.10. The van der Waals surface area contributed by atoms with Crippen molar-refractivity contribution in [3.8, 4) is 0 Å². The van der Waals surface area contributed by atoms with Gasteiger partial charge in [0.2, 0.25) is 0 Å². The van der Waals surface area contributed by atoms with Gasteiger partial charge in [0.05, 0.1) is 42.6 Å². The molecule has 6 nitrogen and oxygen atoms in total. The summed E-state index contributed by atoms with van der Waals surface area (Å²) < 4.78 is 10.7. The molecule has 1 heterocycles. The zero-order valence-corrected chi connectivity index (χ0v) is 14.0. The topological polar surface area (TPSA) is 77.1 Å². The Morgan fingerprint density at radius 1 is 1.43 bits per heavy atom. The minimum Gasteiger partial charge on any atom is -0.462 e. The van der Waals surface area contributed by atoms with Crippen molar-refractivity contribution in [1.82, 2.24) is 0 Å². The Bertz CT molecular complexity index is 572. The van der Waals surface area contributed by atoms with Crippen LogP contribution in [0.5, 0.6) is 0 Å². The lowest BCUT2D eigenvalue weighted by Gasteiger charge is -2.30. The van der Waals surface area contributed by atoms with Crippen molar-refractivity contribution in [3.63, 3.8) is 0 Å². The average Bonchev–Trinajstić information content (AvgIpc) is 2.60. The maximum absolute atomic E-state index is 12.4. The normalized spacial score (nSPS) is 15.6. The quantitative estimate of drug-likeness (QED) is 0.372. The zero-order chi connectivity index (χ0) is 16.7. The van der Waals surface area contributed by atoms with Gasteiger partial charge in [-0.3, -0.25) is 0 Å². The lowest BCUT2D eigenvalue weighted by molar-refractivity contribution is 0.0505. The van der Waals surface area contributed by atoms with Crippen LogP contribution in [0.4, 0.5) is 11.4 Å². The van der Waals surface area contributed by atoms with Crippen LogP contribution in [0.3, 0.4) is 0 Å². The molecule has 0 radical (unpaired) electrons. The van der Waals surface area contributed by atoms with Crippen LogP contribution >= 0.6 is 11.6 Å². The van der Waals surface area contributed by atoms with E-state index in [0.717, 1.165) is 25.2 Å². The number of morpholine rings is 1. The van der Waals surface area contributed by atoms with Crippen LogP contribution in [0.2, 0.25) is 0 Å². The highest BCUT2D eigenvalue weighted by molar-refractivity contribution is 6.28. The summed E-state index contributed by atoms with van der Waals surface area (Å²) in [5.41, 5.74) is 7.57. The largest absolute Gasteiger partial charge is 0.462 e. The highest BCUT2D eigenvalue weighted by atomic mass is 35.5. The molecule has 126 valence electrons. The van der Waals surface area contributed by atoms with E-state index in [1.54, 1.807) is 6.07 Å². The first-order valence-corrected chi connectivity index (χ1v) is 8.22. The number of hydrogen-bond acceptors (Lipinski definition) is 5. The van der Waals surface area contributed by atoms with Crippen LogP contribution < -0.4 is 10.6 Å². The van der Waals surface area contributed by atoms with Crippen LogP contribution in [-0.2, 0) is 9.47 Å². The first-order chi connectivity index (χ1) is 11.2. The van der Waals surface area contributed by atoms with Gasteiger partial charge < -0.3 is 20.1 Å². The SMILES string of the molecule is CCCOC(=O)c1cc(N=C(N)CCl)ccc1N1CCOCC1. The molecule has 7 heteroatoms. The molecular weight excluding hydrogens is 318 g/mol. The number of esters is 1. The van der Waals surface area contributed by atoms with E-state index in [1.165, 1.54) is 0 Å². The Morgan fingerprint density at radius 2 is 2.17 bits per heavy atom. The Kier molecular flexibility index (Phi) is 6.67. The van der Waals surface area contributed by atoms with E-state index in [1.807, 2.05) is 19.1 Å². The Hall–Kier alpha value is -1.79. The molecule has 0 amide bonds. The highest BCUT2D eigenvalue weighted by Gasteiger charge is 2.20. The molecule has 0 aromatic heterocycles. The minimum absolute atomic E-state index is 0.140. The van der Waals surface area contributed by atoms with Crippen LogP contribution in [-0.4, -0.2) is 50.6 Å². The average molecular weight is 340 g/mol. The van der Waals surface area contributed by atoms with Gasteiger partial charge in [0.25, 0.3) is 0 Å². The second-order valence-electron chi connectivity index (χ2n) is 5.17. The van der Waals surface area contributed by atoms with E-state index < -0.39 is 0 Å². The predicted molar refractivity (Wildman–Crippen MR) is 92.0 cm³/mol. The van der Waals surface area contributed by atoms with Gasteiger partial charge in [0.15, 0.2) is 0 Å². The van der Waals surface area contributed by atoms with Gasteiger partial charge in [-0.1, -0.05) is 6.92 Å². The summed E-state index contributed by atoms with van der Waals surface area (Å²) in [6, 6.07) is 5.39. The number of aliphatic imine (C=N–C) groups is 1. The van der Waals surface area contributed by atoms with Crippen molar-refractivity contribution in [2.75, 3.05) is 43.7 Å². The molecule has 1 aromatic rings. The van der Waals surface area contributed by atoms with Gasteiger partial charge in [0.1, 0.15) is 5.84 Å². The monoisotopic (exact) mass is 339 g/mol. The molecule has 1 aliphatic heterocycles. The van der Waals surface area contributed by atoms with Gasteiger partial charge in [0, 0.05) is 13.1 Å². The molecule has 0 bridgehead atoms. The number of benzene rings is 1. The predicted octanol–water partition coefficient (Wildman–Crippen LogP) is 2.32. The zero-order valence-electron chi connectivity index (χ0n) is 13.3. The fraction of sp³-hybridized carbons (Fsp3) is 0.500. The van der Waals surface area contributed by atoms with Crippen molar-refractivity contribution in [2.24, 2.45) is 10.7 Å². The number of rotatable bonds is 6. The fourth-order valence-electron chi connectivity index (χ4n) is 2.31. The number of carbonyl (C=O) groups excluding carboxylic acids is 1. The van der Waals surface area contributed by atoms with Crippen molar-refractivity contribution in [3.05, 3.63) is 23.8 Å². The molecule has 1 aliphatic rings. The molecule has 1 aromatic carbocycles. The molecule has 0 aliphatic carbocycles. The van der Waals surface area contributed by atoms with Crippen LogP contribution in [0.25, 0.3) is 0 Å². The lowest BCUT2D eigenvalue weighted by atomic mass is 10.1. The standard InChI is InChI=1S/C16H22ClN3O3/c1-2-7-23-16(21)13-10-12(19-15(18)11-17)3-4-14(13)20-5-8-22-9-6-20/h3-4,10H,2,5-9,11H2,1H3,(H2,18,19). The minimum atomic E-state index is -0.352. The molecule has 2 rings (SSSR count). The third kappa shape index (κ3) is 4.84. The number of nitrogens with two attached hydrogens (primary N) is 1. The van der Waals surface area contributed by atoms with Crippen molar-refractivity contribution in [2.45, 2.75) is 13.3 Å². The van der Waals surface area contributed by atoms with E-state index >= 15 is 0 Å². The van der Waals surface area contributed by atoms with Gasteiger partial charge in [-0.15, -0.1) is 11.6 Å². The third-order valence-electron chi connectivity index (χ3n) is 3.40. The van der Waals surface area contributed by atoms with Gasteiger partial charge in [-0.05, 0) is 24.6 Å². The summed E-state index contributed by atoms with van der Waals surface area (Å²) in [6.07, 6.45) is 0.773. The van der Waals surface area contributed by atoms with Crippen LogP contribution in [0.15, 0.2) is 23.2 Å². The molecule has 0 unspecified atom stereocenters. The molecule has 2 N–H and O–H groups in total. The molecular formula is C16H22ClN3O3. The summed E-state index contributed by atoms with van der Waals surface area (Å²) in [5.74, 6) is 0.0920. The number of nitrogens with zero attached hydrogens (tertiary/aromatic N) is 2. The molecule has 0 saturated carbocycles. The summed E-state index contributed by atoms with van der Waals surface area (Å²) in [5, 5.41) is 0. The van der Waals surface area contributed by atoms with E-state index in [9.17, 15) is 4.79 Å². The van der Waals surface area contributed by atoms with E-state index in [-0.39, 0.29) is 11.8 Å². The summed E-state index contributed by atoms with van der Waals surface area (Å²) in [4.78, 5) is 18.7. The molecule has 1 saturated heterocycles. The Labute approximate surface area is 141 Å². The van der Waals surface area contributed by atoms with Crippen molar-refractivity contribution < 1.29 is 14.3 Å². The number of halogens is 1. The third-order valence-corrected chi connectivity index (χ3v) is 3.67. The second-order valence-corrected chi connectivity index (χ2v) is 5.44. The number of amidine groups is 1.